The number of halogens is 3. The number of amides is 1. The number of alkyl halides is 3. The number of rotatable bonds is 4. The van der Waals surface area contributed by atoms with E-state index in [9.17, 15) is 18.0 Å². The third kappa shape index (κ3) is 3.89. The van der Waals surface area contributed by atoms with E-state index in [1.165, 1.54) is 16.8 Å². The second-order valence-corrected chi connectivity index (χ2v) is 6.79. The summed E-state index contributed by atoms with van der Waals surface area (Å²) in [5.41, 5.74) is 2.79. The molecular formula is C22H17F3N4O. The second-order valence-electron chi connectivity index (χ2n) is 6.79. The van der Waals surface area contributed by atoms with E-state index in [-0.39, 0.29) is 12.2 Å². The van der Waals surface area contributed by atoms with E-state index in [2.05, 4.69) is 15.4 Å². The van der Waals surface area contributed by atoms with Crippen LogP contribution in [0.3, 0.4) is 0 Å². The van der Waals surface area contributed by atoms with Gasteiger partial charge < -0.3 is 5.32 Å². The predicted octanol–water partition coefficient (Wildman–Crippen LogP) is 5.06. The first kappa shape index (κ1) is 19.6. The Morgan fingerprint density at radius 1 is 1.03 bits per heavy atom. The molecule has 0 radical (unpaired) electrons. The lowest BCUT2D eigenvalue weighted by atomic mass is 10.0. The summed E-state index contributed by atoms with van der Waals surface area (Å²) in [5, 5.41) is 7.90. The number of carbonyl (C=O) groups is 1. The van der Waals surface area contributed by atoms with Crippen molar-refractivity contribution in [1.82, 2.24) is 14.8 Å². The Bertz CT molecular complexity index is 1200. The molecule has 0 spiro atoms. The van der Waals surface area contributed by atoms with Gasteiger partial charge in [0.2, 0.25) is 5.91 Å². The van der Waals surface area contributed by atoms with Gasteiger partial charge in [-0.05, 0) is 48.4 Å². The smallest absolute Gasteiger partial charge is 0.324 e. The summed E-state index contributed by atoms with van der Waals surface area (Å²) in [4.78, 5) is 16.8. The predicted molar refractivity (Wildman–Crippen MR) is 108 cm³/mol. The molecule has 0 atom stereocenters. The lowest BCUT2D eigenvalue weighted by Crippen LogP contribution is -2.20. The van der Waals surface area contributed by atoms with Crippen molar-refractivity contribution in [2.45, 2.75) is 19.6 Å². The average molecular weight is 410 g/mol. The van der Waals surface area contributed by atoms with Crippen LogP contribution < -0.4 is 5.32 Å². The molecule has 1 N–H and O–H groups in total. The number of pyridine rings is 1. The molecule has 2 heterocycles. The number of hydrogen-bond donors (Lipinski definition) is 1. The van der Waals surface area contributed by atoms with Gasteiger partial charge in [0.1, 0.15) is 6.54 Å². The van der Waals surface area contributed by atoms with Crippen molar-refractivity contribution < 1.29 is 18.0 Å². The van der Waals surface area contributed by atoms with Gasteiger partial charge in [-0.15, -0.1) is 0 Å². The number of nitrogens with one attached hydrogen (secondary N) is 1. The van der Waals surface area contributed by atoms with Gasteiger partial charge in [-0.2, -0.15) is 18.3 Å². The van der Waals surface area contributed by atoms with Crippen molar-refractivity contribution in [2.75, 3.05) is 5.32 Å². The van der Waals surface area contributed by atoms with Gasteiger partial charge in [0, 0.05) is 17.3 Å². The molecule has 0 saturated heterocycles. The van der Waals surface area contributed by atoms with Crippen molar-refractivity contribution in [2.24, 2.45) is 0 Å². The zero-order chi connectivity index (χ0) is 21.3. The second kappa shape index (κ2) is 7.62. The molecule has 0 saturated carbocycles. The molecule has 0 bridgehead atoms. The Morgan fingerprint density at radius 3 is 2.40 bits per heavy atom. The lowest BCUT2D eigenvalue weighted by molar-refractivity contribution is -0.137. The first-order valence-electron chi connectivity index (χ1n) is 9.17. The molecule has 5 nitrogen and oxygen atoms in total. The fraction of sp³-hybridized carbons (Fsp3) is 0.136. The molecule has 152 valence electrons. The quantitative estimate of drug-likeness (QED) is 0.511. The Kier molecular flexibility index (Phi) is 4.99. The van der Waals surface area contributed by atoms with Crippen LogP contribution in [0, 0.1) is 6.92 Å². The number of anilines is 1. The van der Waals surface area contributed by atoms with Crippen molar-refractivity contribution in [3.8, 4) is 11.1 Å². The maximum atomic E-state index is 12.7. The summed E-state index contributed by atoms with van der Waals surface area (Å²) in [6, 6.07) is 16.0. The number of hydrogen-bond acceptors (Lipinski definition) is 3. The molecular weight excluding hydrogens is 393 g/mol. The van der Waals surface area contributed by atoms with Crippen molar-refractivity contribution in [1.29, 1.82) is 0 Å². The zero-order valence-electron chi connectivity index (χ0n) is 15.9. The van der Waals surface area contributed by atoms with Crippen LogP contribution in [0.2, 0.25) is 0 Å². The van der Waals surface area contributed by atoms with Gasteiger partial charge in [0.05, 0.1) is 11.3 Å². The minimum Gasteiger partial charge on any atom is -0.324 e. The summed E-state index contributed by atoms with van der Waals surface area (Å²) in [6.45, 7) is 1.73. The van der Waals surface area contributed by atoms with Crippen LogP contribution in [0.1, 0.15) is 11.3 Å². The van der Waals surface area contributed by atoms with Crippen LogP contribution in [0.4, 0.5) is 18.9 Å². The summed E-state index contributed by atoms with van der Waals surface area (Å²) < 4.78 is 39.5. The molecule has 0 fully saturated rings. The van der Waals surface area contributed by atoms with E-state index >= 15 is 0 Å². The molecule has 0 unspecified atom stereocenters. The Balaban J connectivity index is 1.58. The monoisotopic (exact) mass is 410 g/mol. The SMILES string of the molecule is Cc1nn(CC(=O)Nc2ccc(C(F)(F)F)cc2)c2nccc(-c3ccccc3)c12. The number of nitrogens with zero attached hydrogens (tertiary/aromatic N) is 3. The van der Waals surface area contributed by atoms with Gasteiger partial charge in [-0.3, -0.25) is 4.79 Å². The van der Waals surface area contributed by atoms with Crippen molar-refractivity contribution >= 4 is 22.6 Å². The zero-order valence-corrected chi connectivity index (χ0v) is 15.9. The molecule has 0 aliphatic rings. The summed E-state index contributed by atoms with van der Waals surface area (Å²) >= 11 is 0. The maximum absolute atomic E-state index is 12.7. The number of fused-ring (bicyclic) bond motifs is 1. The van der Waals surface area contributed by atoms with E-state index in [0.717, 1.165) is 34.3 Å². The van der Waals surface area contributed by atoms with Gasteiger partial charge in [0.15, 0.2) is 5.65 Å². The number of aryl methyl sites for hydroxylation is 1. The minimum atomic E-state index is -4.42. The molecule has 2 aromatic heterocycles. The van der Waals surface area contributed by atoms with E-state index in [0.29, 0.717) is 5.65 Å². The molecule has 1 amide bonds. The number of carbonyl (C=O) groups excluding carboxylic acids is 1. The number of benzene rings is 2. The largest absolute Gasteiger partial charge is 0.416 e. The first-order valence-corrected chi connectivity index (χ1v) is 9.17. The highest BCUT2D eigenvalue weighted by Crippen LogP contribution is 2.31. The average Bonchev–Trinajstić information content (AvgIpc) is 3.04. The van der Waals surface area contributed by atoms with Crippen LogP contribution in [0.5, 0.6) is 0 Å². The summed E-state index contributed by atoms with van der Waals surface area (Å²) in [6.07, 6.45) is -2.76. The molecule has 2 aromatic carbocycles. The Labute approximate surface area is 170 Å². The first-order chi connectivity index (χ1) is 14.3. The maximum Gasteiger partial charge on any atom is 0.416 e. The van der Waals surface area contributed by atoms with Gasteiger partial charge in [-0.1, -0.05) is 30.3 Å². The van der Waals surface area contributed by atoms with Gasteiger partial charge >= 0.3 is 6.18 Å². The standard InChI is InChI=1S/C22H17F3N4O/c1-14-20-18(15-5-3-2-4-6-15)11-12-26-21(20)29(28-14)13-19(30)27-17-9-7-16(8-10-17)22(23,24)25/h2-12H,13H2,1H3,(H,27,30). The highest BCUT2D eigenvalue weighted by molar-refractivity contribution is 5.96. The summed E-state index contributed by atoms with van der Waals surface area (Å²) in [5.74, 6) is -0.411. The topological polar surface area (TPSA) is 59.8 Å². The Hall–Kier alpha value is -3.68. The highest BCUT2D eigenvalue weighted by Gasteiger charge is 2.30. The van der Waals surface area contributed by atoms with E-state index < -0.39 is 17.6 Å². The van der Waals surface area contributed by atoms with Crippen molar-refractivity contribution in [3.63, 3.8) is 0 Å². The van der Waals surface area contributed by atoms with Gasteiger partial charge in [0.25, 0.3) is 0 Å². The molecule has 30 heavy (non-hydrogen) atoms. The molecule has 8 heteroatoms. The van der Waals surface area contributed by atoms with Crippen molar-refractivity contribution in [3.05, 3.63) is 78.1 Å². The minimum absolute atomic E-state index is 0.114. The van der Waals surface area contributed by atoms with Crippen LogP contribution in [0.25, 0.3) is 22.2 Å². The Morgan fingerprint density at radius 2 is 1.73 bits per heavy atom. The fourth-order valence-electron chi connectivity index (χ4n) is 3.33. The van der Waals surface area contributed by atoms with E-state index in [1.807, 2.05) is 43.3 Å². The van der Waals surface area contributed by atoms with E-state index in [4.69, 9.17) is 0 Å². The third-order valence-electron chi connectivity index (χ3n) is 4.68. The third-order valence-corrected chi connectivity index (χ3v) is 4.68. The number of aromatic nitrogens is 3. The van der Waals surface area contributed by atoms with Crippen LogP contribution >= 0.6 is 0 Å². The normalized spacial score (nSPS) is 11.6. The van der Waals surface area contributed by atoms with Gasteiger partial charge in [-0.25, -0.2) is 9.67 Å². The molecule has 0 aliphatic carbocycles. The molecule has 0 aliphatic heterocycles. The van der Waals surface area contributed by atoms with E-state index in [1.54, 1.807) is 6.20 Å². The highest BCUT2D eigenvalue weighted by atomic mass is 19.4. The van der Waals surface area contributed by atoms with Crippen LogP contribution in [-0.2, 0) is 17.5 Å². The lowest BCUT2D eigenvalue weighted by Gasteiger charge is -2.09. The molecule has 4 aromatic rings. The summed E-state index contributed by atoms with van der Waals surface area (Å²) in [7, 11) is 0. The fourth-order valence-corrected chi connectivity index (χ4v) is 3.33. The van der Waals surface area contributed by atoms with Crippen LogP contribution in [0.15, 0.2) is 66.9 Å². The molecule has 4 rings (SSSR count). The van der Waals surface area contributed by atoms with Crippen LogP contribution in [-0.4, -0.2) is 20.7 Å².